The third kappa shape index (κ3) is 6.10. The third-order valence-corrected chi connectivity index (χ3v) is 3.42. The Morgan fingerprint density at radius 1 is 1.21 bits per heavy atom. The van der Waals surface area contributed by atoms with E-state index in [1.807, 2.05) is 0 Å². The summed E-state index contributed by atoms with van der Waals surface area (Å²) in [5.41, 5.74) is 0.0713. The Labute approximate surface area is 113 Å². The number of hydrogen-bond donors (Lipinski definition) is 1. The summed E-state index contributed by atoms with van der Waals surface area (Å²) in [6.07, 6.45) is -3.61. The van der Waals surface area contributed by atoms with Crippen molar-refractivity contribution in [1.82, 2.24) is 10.2 Å². The van der Waals surface area contributed by atoms with Crippen molar-refractivity contribution in [2.24, 2.45) is 0 Å². The molecule has 0 aromatic rings. The first-order chi connectivity index (χ1) is 8.52. The molecule has 1 aliphatic rings. The molecule has 0 aromatic heterocycles. The van der Waals surface area contributed by atoms with Crippen LogP contribution in [0, 0.1) is 0 Å². The maximum atomic E-state index is 11.9. The van der Waals surface area contributed by atoms with Crippen LogP contribution < -0.4 is 5.32 Å². The van der Waals surface area contributed by atoms with Gasteiger partial charge in [0.15, 0.2) is 0 Å². The van der Waals surface area contributed by atoms with Crippen molar-refractivity contribution in [3.63, 3.8) is 0 Å². The van der Waals surface area contributed by atoms with Crippen molar-refractivity contribution >= 4 is 0 Å². The predicted molar refractivity (Wildman–Crippen MR) is 69.2 cm³/mol. The van der Waals surface area contributed by atoms with Crippen LogP contribution in [0.3, 0.4) is 0 Å². The van der Waals surface area contributed by atoms with Gasteiger partial charge in [-0.25, -0.2) is 0 Å². The molecule has 1 N–H and O–H groups in total. The Morgan fingerprint density at radius 3 is 2.42 bits per heavy atom. The molecule has 114 valence electrons. The van der Waals surface area contributed by atoms with Crippen LogP contribution in [0.5, 0.6) is 0 Å². The first-order valence-electron chi connectivity index (χ1n) is 6.66. The van der Waals surface area contributed by atoms with Gasteiger partial charge in [-0.1, -0.05) is 0 Å². The van der Waals surface area contributed by atoms with E-state index >= 15 is 0 Å². The highest BCUT2D eigenvalue weighted by molar-refractivity contribution is 4.97. The normalized spacial score (nSPS) is 23.5. The average Bonchev–Trinajstić information content (AvgIpc) is 2.21. The number of alkyl halides is 3. The van der Waals surface area contributed by atoms with Crippen molar-refractivity contribution in [1.29, 1.82) is 0 Å². The number of hydrogen-bond acceptors (Lipinski definition) is 3. The van der Waals surface area contributed by atoms with Gasteiger partial charge < -0.3 is 10.1 Å². The molecule has 6 heteroatoms. The largest absolute Gasteiger partial charge is 0.411 e. The van der Waals surface area contributed by atoms with Gasteiger partial charge in [0.1, 0.15) is 6.61 Å². The molecule has 1 saturated heterocycles. The molecule has 0 amide bonds. The lowest BCUT2D eigenvalue weighted by atomic mass is 9.91. The fourth-order valence-corrected chi connectivity index (χ4v) is 2.24. The van der Waals surface area contributed by atoms with Crippen molar-refractivity contribution < 1.29 is 17.9 Å². The number of rotatable bonds is 5. The van der Waals surface area contributed by atoms with Crippen molar-refractivity contribution in [3.05, 3.63) is 0 Å². The zero-order valence-electron chi connectivity index (χ0n) is 12.2. The lowest BCUT2D eigenvalue weighted by molar-refractivity contribution is -0.174. The maximum absolute atomic E-state index is 11.9. The number of piperazine rings is 1. The first kappa shape index (κ1) is 16.7. The van der Waals surface area contributed by atoms with Gasteiger partial charge in [-0.15, -0.1) is 0 Å². The van der Waals surface area contributed by atoms with E-state index in [4.69, 9.17) is 0 Å². The number of halogens is 3. The smallest absolute Gasteiger partial charge is 0.372 e. The minimum atomic E-state index is -4.23. The summed E-state index contributed by atoms with van der Waals surface area (Å²) >= 11 is 0. The van der Waals surface area contributed by atoms with Crippen LogP contribution in [0.1, 0.15) is 34.1 Å². The van der Waals surface area contributed by atoms with Crippen molar-refractivity contribution in [2.45, 2.75) is 51.4 Å². The maximum Gasteiger partial charge on any atom is 0.411 e. The molecule has 0 spiro atoms. The van der Waals surface area contributed by atoms with E-state index in [-0.39, 0.29) is 17.7 Å². The lowest BCUT2D eigenvalue weighted by Crippen LogP contribution is -2.66. The highest BCUT2D eigenvalue weighted by Gasteiger charge is 2.37. The SMILES string of the molecule is CC1(C)CN(CCCOCC(F)(F)F)C(C)(C)CN1. The molecule has 1 fully saturated rings. The molecule has 0 unspecified atom stereocenters. The zero-order valence-corrected chi connectivity index (χ0v) is 12.2. The number of ether oxygens (including phenoxy) is 1. The molecule has 0 bridgehead atoms. The second kappa shape index (κ2) is 5.97. The summed E-state index contributed by atoms with van der Waals surface area (Å²) in [4.78, 5) is 2.32. The van der Waals surface area contributed by atoms with E-state index in [9.17, 15) is 13.2 Å². The highest BCUT2D eigenvalue weighted by Crippen LogP contribution is 2.23. The Morgan fingerprint density at radius 2 is 1.84 bits per heavy atom. The minimum Gasteiger partial charge on any atom is -0.372 e. The fraction of sp³-hybridized carbons (Fsp3) is 1.00. The van der Waals surface area contributed by atoms with E-state index in [2.05, 4.69) is 42.6 Å². The standard InChI is InChI=1S/C13H25F3N2O/c1-11(2)9-18(12(3,4)8-17-11)6-5-7-19-10-13(14,15)16/h17H,5-10H2,1-4H3. The summed E-state index contributed by atoms with van der Waals surface area (Å²) < 4.78 is 40.4. The second-order valence-corrected chi connectivity index (χ2v) is 6.49. The van der Waals surface area contributed by atoms with E-state index in [0.29, 0.717) is 6.42 Å². The molecular formula is C13H25F3N2O. The molecule has 0 radical (unpaired) electrons. The third-order valence-electron chi connectivity index (χ3n) is 3.42. The Bertz CT molecular complexity index is 290. The van der Waals surface area contributed by atoms with Crippen LogP contribution >= 0.6 is 0 Å². The molecule has 0 saturated carbocycles. The van der Waals surface area contributed by atoms with Crippen LogP contribution in [0.4, 0.5) is 13.2 Å². The minimum absolute atomic E-state index is 0.0273. The molecule has 3 nitrogen and oxygen atoms in total. The second-order valence-electron chi connectivity index (χ2n) is 6.49. The molecule has 1 rings (SSSR count). The Hall–Kier alpha value is -0.330. The van der Waals surface area contributed by atoms with Gasteiger partial charge in [-0.2, -0.15) is 13.2 Å². The Balaban J connectivity index is 2.30. The average molecular weight is 282 g/mol. The fourth-order valence-electron chi connectivity index (χ4n) is 2.24. The van der Waals surface area contributed by atoms with E-state index < -0.39 is 12.8 Å². The molecular weight excluding hydrogens is 257 g/mol. The summed E-state index contributed by atoms with van der Waals surface area (Å²) in [6, 6.07) is 0. The molecule has 0 aromatic carbocycles. The lowest BCUT2D eigenvalue weighted by Gasteiger charge is -2.49. The number of nitrogens with zero attached hydrogens (tertiary/aromatic N) is 1. The topological polar surface area (TPSA) is 24.5 Å². The van der Waals surface area contributed by atoms with E-state index in [1.165, 1.54) is 0 Å². The van der Waals surface area contributed by atoms with Gasteiger partial charge in [-0.3, -0.25) is 4.90 Å². The highest BCUT2D eigenvalue weighted by atomic mass is 19.4. The predicted octanol–water partition coefficient (Wildman–Crippen LogP) is 2.42. The van der Waals surface area contributed by atoms with Gasteiger partial charge in [0.25, 0.3) is 0 Å². The Kier molecular flexibility index (Phi) is 5.26. The quantitative estimate of drug-likeness (QED) is 0.784. The first-order valence-corrected chi connectivity index (χ1v) is 6.66. The van der Waals surface area contributed by atoms with Gasteiger partial charge in [-0.05, 0) is 34.1 Å². The molecule has 1 heterocycles. The number of nitrogens with one attached hydrogen (secondary N) is 1. The van der Waals surface area contributed by atoms with Crippen LogP contribution in [0.15, 0.2) is 0 Å². The summed E-state index contributed by atoms with van der Waals surface area (Å²) in [6.45, 7) is 10.1. The molecule has 0 aliphatic carbocycles. The zero-order chi connectivity index (χ0) is 14.7. The van der Waals surface area contributed by atoms with Gasteiger partial charge in [0, 0.05) is 37.3 Å². The molecule has 0 atom stereocenters. The van der Waals surface area contributed by atoms with E-state index in [1.54, 1.807) is 0 Å². The van der Waals surface area contributed by atoms with Crippen LogP contribution in [-0.2, 0) is 4.74 Å². The van der Waals surface area contributed by atoms with Gasteiger partial charge in [0.2, 0.25) is 0 Å². The van der Waals surface area contributed by atoms with Crippen molar-refractivity contribution in [2.75, 3.05) is 32.8 Å². The summed E-state index contributed by atoms with van der Waals surface area (Å²) in [5.74, 6) is 0. The summed E-state index contributed by atoms with van der Waals surface area (Å²) in [5, 5.41) is 3.48. The van der Waals surface area contributed by atoms with Gasteiger partial charge >= 0.3 is 6.18 Å². The molecule has 1 aliphatic heterocycles. The van der Waals surface area contributed by atoms with Crippen molar-refractivity contribution in [3.8, 4) is 0 Å². The monoisotopic (exact) mass is 282 g/mol. The van der Waals surface area contributed by atoms with Crippen LogP contribution in [0.25, 0.3) is 0 Å². The van der Waals surface area contributed by atoms with Crippen LogP contribution in [-0.4, -0.2) is 55.0 Å². The molecule has 19 heavy (non-hydrogen) atoms. The summed E-state index contributed by atoms with van der Waals surface area (Å²) in [7, 11) is 0. The van der Waals surface area contributed by atoms with Crippen LogP contribution in [0.2, 0.25) is 0 Å². The van der Waals surface area contributed by atoms with E-state index in [0.717, 1.165) is 19.6 Å². The van der Waals surface area contributed by atoms with Gasteiger partial charge in [0.05, 0.1) is 0 Å².